The zero-order chi connectivity index (χ0) is 22.8. The van der Waals surface area contributed by atoms with E-state index in [1.54, 1.807) is 6.20 Å². The molecular formula is C24H23N3O5. The van der Waals surface area contributed by atoms with Crippen LogP contribution in [0.5, 0.6) is 0 Å². The second kappa shape index (κ2) is 8.66. The number of unbranched alkanes of at least 4 members (excludes halogenated alkanes) is 2. The number of aromatic nitrogens is 1. The number of H-pyrrole nitrogens is 1. The second-order valence-corrected chi connectivity index (χ2v) is 7.80. The van der Waals surface area contributed by atoms with Crippen LogP contribution < -0.4 is 0 Å². The molecule has 1 amide bonds. The highest BCUT2D eigenvalue weighted by Crippen LogP contribution is 2.42. The highest BCUT2D eigenvalue weighted by molar-refractivity contribution is 6.46. The van der Waals surface area contributed by atoms with Crippen molar-refractivity contribution in [2.24, 2.45) is 0 Å². The summed E-state index contributed by atoms with van der Waals surface area (Å²) in [5.74, 6) is -1.88. The van der Waals surface area contributed by atoms with E-state index in [2.05, 4.69) is 4.98 Å². The molecular weight excluding hydrogens is 410 g/mol. The molecule has 2 aromatic carbocycles. The van der Waals surface area contributed by atoms with E-state index in [0.717, 1.165) is 30.2 Å². The number of nitrogens with zero attached hydrogens (tertiary/aromatic N) is 2. The van der Waals surface area contributed by atoms with Crippen molar-refractivity contribution in [1.29, 1.82) is 0 Å². The summed E-state index contributed by atoms with van der Waals surface area (Å²) >= 11 is 0. The van der Waals surface area contributed by atoms with Crippen LogP contribution in [-0.4, -0.2) is 38.1 Å². The molecule has 0 aliphatic carbocycles. The van der Waals surface area contributed by atoms with E-state index in [1.807, 2.05) is 31.2 Å². The Bertz CT molecular complexity index is 1240. The van der Waals surface area contributed by atoms with Gasteiger partial charge < -0.3 is 15.0 Å². The molecule has 3 aromatic rings. The maximum Gasteiger partial charge on any atom is 0.295 e. The van der Waals surface area contributed by atoms with Crippen LogP contribution in [0.2, 0.25) is 0 Å². The first-order valence-corrected chi connectivity index (χ1v) is 10.5. The Morgan fingerprint density at radius 2 is 1.94 bits per heavy atom. The zero-order valence-corrected chi connectivity index (χ0v) is 17.6. The Balaban J connectivity index is 1.89. The Morgan fingerprint density at radius 1 is 1.16 bits per heavy atom. The van der Waals surface area contributed by atoms with Crippen LogP contribution in [0.25, 0.3) is 16.7 Å². The number of likely N-dealkylation sites (tertiary alicyclic amines) is 1. The first-order valence-electron chi connectivity index (χ1n) is 10.5. The molecule has 32 heavy (non-hydrogen) atoms. The maximum absolute atomic E-state index is 13.1. The molecule has 1 aromatic heterocycles. The van der Waals surface area contributed by atoms with Gasteiger partial charge in [0, 0.05) is 46.9 Å². The van der Waals surface area contributed by atoms with E-state index in [4.69, 9.17) is 0 Å². The molecule has 2 heterocycles. The molecule has 1 saturated heterocycles. The number of amides is 1. The summed E-state index contributed by atoms with van der Waals surface area (Å²) in [5.41, 5.74) is 1.39. The Kier molecular flexibility index (Phi) is 5.77. The molecule has 2 N–H and O–H groups in total. The summed E-state index contributed by atoms with van der Waals surface area (Å²) in [7, 11) is 0. The van der Waals surface area contributed by atoms with Gasteiger partial charge in [-0.25, -0.2) is 0 Å². The first-order chi connectivity index (χ1) is 15.4. The number of aliphatic hydroxyl groups is 1. The van der Waals surface area contributed by atoms with Crippen molar-refractivity contribution >= 4 is 34.0 Å². The number of para-hydroxylation sites is 1. The summed E-state index contributed by atoms with van der Waals surface area (Å²) in [4.78, 5) is 41.3. The quantitative estimate of drug-likeness (QED) is 0.140. The van der Waals surface area contributed by atoms with Crippen molar-refractivity contribution in [1.82, 2.24) is 9.88 Å². The van der Waals surface area contributed by atoms with Crippen molar-refractivity contribution in [3.8, 4) is 0 Å². The molecule has 1 fully saturated rings. The van der Waals surface area contributed by atoms with E-state index < -0.39 is 28.4 Å². The van der Waals surface area contributed by atoms with E-state index in [9.17, 15) is 24.8 Å². The average Bonchev–Trinajstić information content (AvgIpc) is 3.33. The third-order valence-electron chi connectivity index (χ3n) is 5.79. The number of benzene rings is 2. The minimum absolute atomic E-state index is 0.0586. The number of carbonyl (C=O) groups excluding carboxylic acids is 2. The summed E-state index contributed by atoms with van der Waals surface area (Å²) in [6.07, 6.45) is 4.32. The van der Waals surface area contributed by atoms with Gasteiger partial charge in [0.05, 0.1) is 16.5 Å². The van der Waals surface area contributed by atoms with Crippen LogP contribution in [0.4, 0.5) is 5.69 Å². The van der Waals surface area contributed by atoms with E-state index in [-0.39, 0.29) is 16.8 Å². The van der Waals surface area contributed by atoms with Gasteiger partial charge in [0.15, 0.2) is 0 Å². The molecule has 1 atom stereocenters. The van der Waals surface area contributed by atoms with Crippen LogP contribution in [-0.2, 0) is 9.59 Å². The summed E-state index contributed by atoms with van der Waals surface area (Å²) in [6.45, 7) is 2.42. The highest BCUT2D eigenvalue weighted by Gasteiger charge is 2.46. The Hall–Kier alpha value is -3.94. The predicted octanol–water partition coefficient (Wildman–Crippen LogP) is 4.69. The lowest BCUT2D eigenvalue weighted by Crippen LogP contribution is -2.30. The van der Waals surface area contributed by atoms with Crippen molar-refractivity contribution in [3.63, 3.8) is 0 Å². The molecule has 8 nitrogen and oxygen atoms in total. The number of carbonyl (C=O) groups is 2. The minimum Gasteiger partial charge on any atom is -0.507 e. The largest absolute Gasteiger partial charge is 0.507 e. The van der Waals surface area contributed by atoms with Gasteiger partial charge in [-0.15, -0.1) is 0 Å². The SMILES string of the molecule is CCCCCN1C(=O)C(=O)/C(=C(/O)c2cccc([N+](=O)[O-])c2)C1c1c[nH]c2ccccc12. The van der Waals surface area contributed by atoms with Crippen LogP contribution in [0.1, 0.15) is 43.4 Å². The maximum atomic E-state index is 13.1. The van der Waals surface area contributed by atoms with Crippen LogP contribution in [0.3, 0.4) is 0 Å². The highest BCUT2D eigenvalue weighted by atomic mass is 16.6. The number of fused-ring (bicyclic) bond motifs is 1. The number of Topliss-reactive ketones (excluding diaryl/α,β-unsaturated/α-hetero) is 1. The fourth-order valence-corrected chi connectivity index (χ4v) is 4.21. The van der Waals surface area contributed by atoms with E-state index in [0.29, 0.717) is 12.1 Å². The predicted molar refractivity (Wildman–Crippen MR) is 120 cm³/mol. The van der Waals surface area contributed by atoms with Crippen LogP contribution in [0, 0.1) is 10.1 Å². The molecule has 0 bridgehead atoms. The third-order valence-corrected chi connectivity index (χ3v) is 5.79. The molecule has 1 aliphatic rings. The van der Waals surface area contributed by atoms with Gasteiger partial charge in [0.25, 0.3) is 17.4 Å². The van der Waals surface area contributed by atoms with Gasteiger partial charge >= 0.3 is 0 Å². The molecule has 8 heteroatoms. The smallest absolute Gasteiger partial charge is 0.295 e. The standard InChI is InChI=1S/C24H23N3O5/c1-2-3-6-12-26-21(18-14-25-19-11-5-4-10-17(18)19)20(23(29)24(26)30)22(28)15-8-7-9-16(13-15)27(31)32/h4-5,7-11,13-14,21,25,28H,2-3,6,12H2,1H3/b22-20+. The first kappa shape index (κ1) is 21.3. The number of nitro benzene ring substituents is 1. The van der Waals surface area contributed by atoms with Crippen LogP contribution in [0.15, 0.2) is 60.3 Å². The number of nitro groups is 1. The number of non-ortho nitro benzene ring substituents is 1. The van der Waals surface area contributed by atoms with Gasteiger partial charge in [-0.1, -0.05) is 50.1 Å². The zero-order valence-electron chi connectivity index (χ0n) is 17.6. The summed E-state index contributed by atoms with van der Waals surface area (Å²) in [6, 6.07) is 12.2. The molecule has 1 unspecified atom stereocenters. The fourth-order valence-electron chi connectivity index (χ4n) is 4.21. The normalized spacial score (nSPS) is 17.9. The minimum atomic E-state index is -0.791. The number of aliphatic hydroxyl groups excluding tert-OH is 1. The molecule has 0 saturated carbocycles. The van der Waals surface area contributed by atoms with Crippen molar-refractivity contribution in [2.45, 2.75) is 32.2 Å². The Morgan fingerprint density at radius 3 is 2.69 bits per heavy atom. The second-order valence-electron chi connectivity index (χ2n) is 7.80. The van der Waals surface area contributed by atoms with Gasteiger partial charge in [-0.3, -0.25) is 19.7 Å². The number of hydrogen-bond donors (Lipinski definition) is 2. The van der Waals surface area contributed by atoms with Crippen molar-refractivity contribution in [2.75, 3.05) is 6.54 Å². The van der Waals surface area contributed by atoms with Crippen LogP contribution >= 0.6 is 0 Å². The van der Waals surface area contributed by atoms with E-state index in [1.165, 1.54) is 29.2 Å². The number of rotatable bonds is 7. The number of ketones is 1. The molecule has 164 valence electrons. The van der Waals surface area contributed by atoms with Gasteiger partial charge in [0.1, 0.15) is 5.76 Å². The van der Waals surface area contributed by atoms with Gasteiger partial charge in [-0.2, -0.15) is 0 Å². The monoisotopic (exact) mass is 433 g/mol. The molecule has 4 rings (SSSR count). The van der Waals surface area contributed by atoms with Crippen molar-refractivity contribution < 1.29 is 19.6 Å². The van der Waals surface area contributed by atoms with Gasteiger partial charge in [-0.05, 0) is 12.5 Å². The topological polar surface area (TPSA) is 117 Å². The van der Waals surface area contributed by atoms with Gasteiger partial charge in [0.2, 0.25) is 0 Å². The number of aromatic amines is 1. The lowest BCUT2D eigenvalue weighted by atomic mass is 9.94. The third kappa shape index (κ3) is 3.64. The molecule has 0 spiro atoms. The summed E-state index contributed by atoms with van der Waals surface area (Å²) < 4.78 is 0. The molecule has 0 radical (unpaired) electrons. The average molecular weight is 433 g/mol. The van der Waals surface area contributed by atoms with Crippen molar-refractivity contribution in [3.05, 3.63) is 81.5 Å². The lowest BCUT2D eigenvalue weighted by molar-refractivity contribution is -0.384. The molecule has 1 aliphatic heterocycles. The van der Waals surface area contributed by atoms with E-state index >= 15 is 0 Å². The lowest BCUT2D eigenvalue weighted by Gasteiger charge is -2.24. The fraction of sp³-hybridized carbons (Fsp3) is 0.250. The number of hydrogen-bond acceptors (Lipinski definition) is 5. The number of nitrogens with one attached hydrogen (secondary N) is 1. The summed E-state index contributed by atoms with van der Waals surface area (Å²) in [5, 5.41) is 23.1. The Labute approximate surface area is 184 Å².